The van der Waals surface area contributed by atoms with E-state index in [0.717, 1.165) is 44.0 Å². The van der Waals surface area contributed by atoms with Crippen LogP contribution in [0.5, 0.6) is 0 Å². The average molecular weight is 296 g/mol. The van der Waals surface area contributed by atoms with E-state index in [1.54, 1.807) is 6.20 Å². The highest BCUT2D eigenvalue weighted by atomic mass is 16.5. The van der Waals surface area contributed by atoms with E-state index < -0.39 is 0 Å². The number of aromatic nitrogens is 1. The van der Waals surface area contributed by atoms with Crippen LogP contribution >= 0.6 is 0 Å². The summed E-state index contributed by atoms with van der Waals surface area (Å²) in [6.07, 6.45) is 2.93. The lowest BCUT2D eigenvalue weighted by atomic mass is 10.0. The van der Waals surface area contributed by atoms with E-state index in [9.17, 15) is 0 Å². The second kappa shape index (κ2) is 6.68. The van der Waals surface area contributed by atoms with Gasteiger partial charge >= 0.3 is 0 Å². The van der Waals surface area contributed by atoms with E-state index in [1.165, 1.54) is 11.8 Å². The molecule has 1 fully saturated rings. The van der Waals surface area contributed by atoms with Gasteiger partial charge in [-0.2, -0.15) is 0 Å². The Balaban J connectivity index is 1.73. The van der Waals surface area contributed by atoms with E-state index in [4.69, 9.17) is 15.9 Å². The smallest absolute Gasteiger partial charge is 0.103 e. The molecule has 5 nitrogen and oxygen atoms in total. The monoisotopic (exact) mass is 296 g/mol. The number of ether oxygens (including phenoxy) is 1. The molecule has 2 heterocycles. The zero-order valence-corrected chi connectivity index (χ0v) is 12.5. The lowest BCUT2D eigenvalue weighted by Gasteiger charge is -2.26. The lowest BCUT2D eigenvalue weighted by Crippen LogP contribution is -2.35. The van der Waals surface area contributed by atoms with Crippen molar-refractivity contribution >= 4 is 11.9 Å². The normalized spacial score (nSPS) is 15.6. The summed E-state index contributed by atoms with van der Waals surface area (Å²) in [5.74, 6) is 0. The van der Waals surface area contributed by atoms with E-state index in [2.05, 4.69) is 34.1 Å². The van der Waals surface area contributed by atoms with E-state index in [1.807, 2.05) is 6.07 Å². The van der Waals surface area contributed by atoms with Crippen LogP contribution in [0.25, 0.3) is 11.1 Å². The molecule has 1 aromatic heterocycles. The summed E-state index contributed by atoms with van der Waals surface area (Å²) in [6, 6.07) is 10.3. The van der Waals surface area contributed by atoms with Crippen LogP contribution in [0, 0.1) is 5.41 Å². The Morgan fingerprint density at radius 2 is 1.91 bits per heavy atom. The molecule has 1 saturated heterocycles. The summed E-state index contributed by atoms with van der Waals surface area (Å²) in [5, 5.41) is 7.23. The van der Waals surface area contributed by atoms with Crippen molar-refractivity contribution in [1.29, 1.82) is 5.41 Å². The molecule has 2 aromatic rings. The number of rotatable bonds is 4. The first kappa shape index (κ1) is 14.7. The predicted octanol–water partition coefficient (Wildman–Crippen LogP) is 2.16. The number of anilines is 1. The van der Waals surface area contributed by atoms with Gasteiger partial charge in [-0.3, -0.25) is 9.88 Å². The van der Waals surface area contributed by atoms with Gasteiger partial charge in [0, 0.05) is 37.6 Å². The first-order valence-electron chi connectivity index (χ1n) is 7.41. The van der Waals surface area contributed by atoms with Crippen LogP contribution in [0.3, 0.4) is 0 Å². The Kier molecular flexibility index (Phi) is 4.46. The Morgan fingerprint density at radius 3 is 2.55 bits per heavy atom. The minimum atomic E-state index is 0.507. The highest BCUT2D eigenvalue weighted by Crippen LogP contribution is 2.22. The van der Waals surface area contributed by atoms with Crippen molar-refractivity contribution in [2.24, 2.45) is 0 Å². The minimum Gasteiger partial charge on any atom is -0.397 e. The van der Waals surface area contributed by atoms with Crippen LogP contribution in [0.2, 0.25) is 0 Å². The molecule has 22 heavy (non-hydrogen) atoms. The summed E-state index contributed by atoms with van der Waals surface area (Å²) in [5.41, 5.74) is 10.3. The van der Waals surface area contributed by atoms with E-state index >= 15 is 0 Å². The maximum atomic E-state index is 7.23. The van der Waals surface area contributed by atoms with Crippen LogP contribution in [0.15, 0.2) is 36.5 Å². The number of pyridine rings is 1. The number of hydrogen-bond acceptors (Lipinski definition) is 5. The molecule has 114 valence electrons. The number of nitrogens with one attached hydrogen (secondary N) is 1. The third kappa shape index (κ3) is 3.32. The number of nitrogen functional groups attached to an aromatic ring is 1. The van der Waals surface area contributed by atoms with Crippen molar-refractivity contribution in [1.82, 2.24) is 9.88 Å². The Morgan fingerprint density at radius 1 is 1.18 bits per heavy atom. The largest absolute Gasteiger partial charge is 0.397 e. The molecule has 0 unspecified atom stereocenters. The molecule has 1 aliphatic rings. The van der Waals surface area contributed by atoms with E-state index in [0.29, 0.717) is 11.4 Å². The van der Waals surface area contributed by atoms with Gasteiger partial charge in [0.05, 0.1) is 18.9 Å². The molecule has 1 aromatic carbocycles. The fraction of sp³-hybridized carbons (Fsp3) is 0.294. The molecule has 0 bridgehead atoms. The number of benzene rings is 1. The van der Waals surface area contributed by atoms with Crippen LogP contribution in [-0.2, 0) is 11.3 Å². The van der Waals surface area contributed by atoms with Crippen molar-refractivity contribution in [3.8, 4) is 11.1 Å². The maximum Gasteiger partial charge on any atom is 0.103 e. The van der Waals surface area contributed by atoms with Gasteiger partial charge in [-0.1, -0.05) is 24.3 Å². The molecule has 3 rings (SSSR count). The maximum absolute atomic E-state index is 7.23. The number of nitrogens with two attached hydrogens (primary N) is 1. The highest BCUT2D eigenvalue weighted by Gasteiger charge is 2.10. The third-order valence-corrected chi connectivity index (χ3v) is 3.88. The molecular weight excluding hydrogens is 276 g/mol. The van der Waals surface area contributed by atoms with Crippen LogP contribution in [0.1, 0.15) is 11.3 Å². The molecule has 5 heteroatoms. The van der Waals surface area contributed by atoms with Crippen molar-refractivity contribution in [2.75, 3.05) is 32.0 Å². The van der Waals surface area contributed by atoms with Crippen molar-refractivity contribution in [2.45, 2.75) is 6.54 Å². The first-order valence-corrected chi connectivity index (χ1v) is 7.41. The molecule has 1 aliphatic heterocycles. The zero-order valence-electron chi connectivity index (χ0n) is 12.5. The molecule has 0 amide bonds. The molecular formula is C17H20N4O. The lowest BCUT2D eigenvalue weighted by molar-refractivity contribution is 0.0342. The standard InChI is InChI=1S/C17H20N4O/c18-10-17-16(19)9-15(11-20-17)14-3-1-13(2-4-14)12-21-5-7-22-8-6-21/h1-4,9-11,18H,5-8,12,19H2. The average Bonchev–Trinajstić information content (AvgIpc) is 2.56. The van der Waals surface area contributed by atoms with Crippen LogP contribution in [-0.4, -0.2) is 42.4 Å². The second-order valence-corrected chi connectivity index (χ2v) is 5.43. The fourth-order valence-corrected chi connectivity index (χ4v) is 2.59. The van der Waals surface area contributed by atoms with Gasteiger partial charge in [-0.15, -0.1) is 0 Å². The van der Waals surface area contributed by atoms with Gasteiger partial charge < -0.3 is 15.9 Å². The van der Waals surface area contributed by atoms with Crippen molar-refractivity contribution in [3.63, 3.8) is 0 Å². The topological polar surface area (TPSA) is 75.2 Å². The number of morpholine rings is 1. The van der Waals surface area contributed by atoms with Crippen LogP contribution < -0.4 is 5.73 Å². The van der Waals surface area contributed by atoms with Crippen molar-refractivity contribution in [3.05, 3.63) is 47.8 Å². The highest BCUT2D eigenvalue weighted by molar-refractivity contribution is 5.84. The summed E-state index contributed by atoms with van der Waals surface area (Å²) in [6.45, 7) is 4.59. The van der Waals surface area contributed by atoms with Gasteiger partial charge in [-0.05, 0) is 17.2 Å². The molecule has 0 radical (unpaired) electrons. The summed E-state index contributed by atoms with van der Waals surface area (Å²) in [7, 11) is 0. The summed E-state index contributed by atoms with van der Waals surface area (Å²) in [4.78, 5) is 6.60. The first-order chi connectivity index (χ1) is 10.8. The van der Waals surface area contributed by atoms with Gasteiger partial charge in [0.2, 0.25) is 0 Å². The number of nitrogens with zero attached hydrogens (tertiary/aromatic N) is 2. The minimum absolute atomic E-state index is 0.507. The second-order valence-electron chi connectivity index (χ2n) is 5.43. The van der Waals surface area contributed by atoms with Gasteiger partial charge in [0.1, 0.15) is 5.69 Å². The van der Waals surface area contributed by atoms with Gasteiger partial charge in [0.15, 0.2) is 0 Å². The SMILES string of the molecule is N=Cc1ncc(-c2ccc(CN3CCOCC3)cc2)cc1N. The Hall–Kier alpha value is -2.24. The Labute approximate surface area is 130 Å². The van der Waals surface area contributed by atoms with Gasteiger partial charge in [0.25, 0.3) is 0 Å². The van der Waals surface area contributed by atoms with E-state index in [-0.39, 0.29) is 0 Å². The summed E-state index contributed by atoms with van der Waals surface area (Å²) < 4.78 is 5.37. The summed E-state index contributed by atoms with van der Waals surface area (Å²) >= 11 is 0. The molecule has 3 N–H and O–H groups in total. The molecule has 0 atom stereocenters. The van der Waals surface area contributed by atoms with Gasteiger partial charge in [-0.25, -0.2) is 0 Å². The Bertz CT molecular complexity index is 648. The molecule has 0 saturated carbocycles. The van der Waals surface area contributed by atoms with Crippen molar-refractivity contribution < 1.29 is 4.74 Å². The molecule has 0 aliphatic carbocycles. The third-order valence-electron chi connectivity index (χ3n) is 3.88. The predicted molar refractivity (Wildman–Crippen MR) is 88.1 cm³/mol. The quantitative estimate of drug-likeness (QED) is 0.848. The number of hydrogen-bond donors (Lipinski definition) is 2. The molecule has 0 spiro atoms. The van der Waals surface area contributed by atoms with Crippen LogP contribution in [0.4, 0.5) is 5.69 Å². The zero-order chi connectivity index (χ0) is 15.4. The fourth-order valence-electron chi connectivity index (χ4n) is 2.59.